The van der Waals surface area contributed by atoms with Gasteiger partial charge >= 0.3 is 5.97 Å². The van der Waals surface area contributed by atoms with Crippen LogP contribution in [0.15, 0.2) is 42.5 Å². The maximum atomic E-state index is 11.9. The van der Waals surface area contributed by atoms with Gasteiger partial charge in [-0.2, -0.15) is 0 Å². The Bertz CT molecular complexity index is 1220. The van der Waals surface area contributed by atoms with E-state index in [0.29, 0.717) is 11.5 Å². The number of benzene rings is 2. The van der Waals surface area contributed by atoms with Crippen molar-refractivity contribution < 1.29 is 9.90 Å². The molecule has 0 saturated heterocycles. The fourth-order valence-electron chi connectivity index (χ4n) is 6.24. The molecule has 0 unspecified atom stereocenters. The molecule has 2 aliphatic rings. The fourth-order valence-corrected chi connectivity index (χ4v) is 6.24. The summed E-state index contributed by atoms with van der Waals surface area (Å²) in [6.45, 7) is 9.53. The van der Waals surface area contributed by atoms with Crippen LogP contribution in [0.1, 0.15) is 74.2 Å². The van der Waals surface area contributed by atoms with E-state index in [4.69, 9.17) is 0 Å². The van der Waals surface area contributed by atoms with E-state index in [2.05, 4.69) is 65.6 Å². The summed E-state index contributed by atoms with van der Waals surface area (Å²) in [6.07, 6.45) is 7.54. The Labute approximate surface area is 215 Å². The molecular weight excluding hydrogens is 446 g/mol. The van der Waals surface area contributed by atoms with E-state index in [0.717, 1.165) is 44.2 Å². The van der Waals surface area contributed by atoms with Crippen molar-refractivity contribution in [1.29, 1.82) is 0 Å². The number of carboxylic acids is 1. The molecule has 5 nitrogen and oxygen atoms in total. The number of rotatable bonds is 8. The first kappa shape index (κ1) is 24.9. The lowest BCUT2D eigenvalue weighted by atomic mass is 9.81. The van der Waals surface area contributed by atoms with Gasteiger partial charge in [-0.05, 0) is 68.5 Å². The summed E-state index contributed by atoms with van der Waals surface area (Å²) in [5.41, 5.74) is 6.84. The largest absolute Gasteiger partial charge is 0.478 e. The summed E-state index contributed by atoms with van der Waals surface area (Å²) in [5.74, 6) is 0.404. The van der Waals surface area contributed by atoms with Gasteiger partial charge in [0.05, 0.1) is 11.3 Å². The van der Waals surface area contributed by atoms with Crippen LogP contribution in [0.2, 0.25) is 0 Å². The normalized spacial score (nSPS) is 16.4. The van der Waals surface area contributed by atoms with Gasteiger partial charge in [0.2, 0.25) is 0 Å². The van der Waals surface area contributed by atoms with Crippen LogP contribution < -0.4 is 4.90 Å². The molecule has 0 spiro atoms. The van der Waals surface area contributed by atoms with Crippen LogP contribution in [0, 0.1) is 5.92 Å². The number of hydrogen-bond donors (Lipinski definition) is 1. The van der Waals surface area contributed by atoms with Gasteiger partial charge in [-0.25, -0.2) is 4.79 Å². The summed E-state index contributed by atoms with van der Waals surface area (Å²) in [5, 5.41) is 11.0. The van der Waals surface area contributed by atoms with E-state index in [1.165, 1.54) is 66.4 Å². The molecular formula is C31H41N3O2. The van der Waals surface area contributed by atoms with E-state index in [1.54, 1.807) is 6.07 Å². The summed E-state index contributed by atoms with van der Waals surface area (Å²) in [4.78, 5) is 16.9. The van der Waals surface area contributed by atoms with Crippen LogP contribution in [-0.4, -0.2) is 53.8 Å². The second kappa shape index (κ2) is 10.7. The second-order valence-electron chi connectivity index (χ2n) is 11.3. The monoisotopic (exact) mass is 487 g/mol. The van der Waals surface area contributed by atoms with Crippen molar-refractivity contribution in [2.45, 2.75) is 64.8 Å². The smallest absolute Gasteiger partial charge is 0.335 e. The molecule has 36 heavy (non-hydrogen) atoms. The highest BCUT2D eigenvalue weighted by Gasteiger charge is 2.30. The SMILES string of the molecule is CC(C)CCN(C)CCN1CCn2c(c(C3CCCCC3)c3ccc(C(=O)O)cc32)-c2ccccc21. The molecule has 0 amide bonds. The molecule has 0 atom stereocenters. The lowest BCUT2D eigenvalue weighted by molar-refractivity contribution is 0.0697. The topological polar surface area (TPSA) is 48.7 Å². The zero-order valence-electron chi connectivity index (χ0n) is 22.2. The van der Waals surface area contributed by atoms with Crippen molar-refractivity contribution in [3.8, 4) is 11.3 Å². The molecule has 1 aliphatic carbocycles. The first-order chi connectivity index (χ1) is 17.4. The van der Waals surface area contributed by atoms with Crippen LogP contribution in [0.25, 0.3) is 22.2 Å². The summed E-state index contributed by atoms with van der Waals surface area (Å²) in [7, 11) is 2.23. The minimum atomic E-state index is -0.855. The van der Waals surface area contributed by atoms with E-state index >= 15 is 0 Å². The Hall–Kier alpha value is -2.79. The molecule has 192 valence electrons. The average Bonchev–Trinajstić information content (AvgIpc) is 3.12. The molecule has 1 fully saturated rings. The third-order valence-corrected chi connectivity index (χ3v) is 8.30. The van der Waals surface area contributed by atoms with Crippen LogP contribution in [-0.2, 0) is 6.54 Å². The minimum Gasteiger partial charge on any atom is -0.478 e. The molecule has 5 rings (SSSR count). The van der Waals surface area contributed by atoms with Crippen LogP contribution in [0.5, 0.6) is 0 Å². The van der Waals surface area contributed by atoms with Crippen LogP contribution in [0.3, 0.4) is 0 Å². The van der Waals surface area contributed by atoms with Crippen molar-refractivity contribution in [2.24, 2.45) is 5.92 Å². The molecule has 1 aliphatic heterocycles. The first-order valence-corrected chi connectivity index (χ1v) is 13.9. The van der Waals surface area contributed by atoms with Gasteiger partial charge in [0.15, 0.2) is 0 Å². The number of nitrogens with zero attached hydrogens (tertiary/aromatic N) is 3. The van der Waals surface area contributed by atoms with Gasteiger partial charge in [-0.15, -0.1) is 0 Å². The van der Waals surface area contributed by atoms with E-state index < -0.39 is 5.97 Å². The van der Waals surface area contributed by atoms with Crippen molar-refractivity contribution >= 4 is 22.6 Å². The molecule has 2 aromatic carbocycles. The Kier molecular flexibility index (Phi) is 7.38. The number of fused-ring (bicyclic) bond motifs is 5. The van der Waals surface area contributed by atoms with Gasteiger partial charge in [-0.3, -0.25) is 0 Å². The maximum Gasteiger partial charge on any atom is 0.335 e. The predicted molar refractivity (Wildman–Crippen MR) is 149 cm³/mol. The van der Waals surface area contributed by atoms with Gasteiger partial charge in [0, 0.05) is 48.3 Å². The summed E-state index contributed by atoms with van der Waals surface area (Å²) >= 11 is 0. The average molecular weight is 488 g/mol. The first-order valence-electron chi connectivity index (χ1n) is 13.9. The molecule has 3 aromatic rings. The number of aromatic carboxylic acids is 1. The number of aromatic nitrogens is 1. The molecule has 0 radical (unpaired) electrons. The number of anilines is 1. The summed E-state index contributed by atoms with van der Waals surface area (Å²) < 4.78 is 2.44. The number of hydrogen-bond acceptors (Lipinski definition) is 3. The lowest BCUT2D eigenvalue weighted by Crippen LogP contribution is -2.35. The van der Waals surface area contributed by atoms with Crippen molar-refractivity contribution in [3.63, 3.8) is 0 Å². The van der Waals surface area contributed by atoms with E-state index in [1.807, 2.05) is 6.07 Å². The molecule has 2 heterocycles. The third kappa shape index (κ3) is 4.90. The Morgan fingerprint density at radius 1 is 1.06 bits per heavy atom. The zero-order valence-corrected chi connectivity index (χ0v) is 22.2. The van der Waals surface area contributed by atoms with E-state index in [-0.39, 0.29) is 0 Å². The van der Waals surface area contributed by atoms with Crippen molar-refractivity contribution in [2.75, 3.05) is 38.1 Å². The van der Waals surface area contributed by atoms with Crippen LogP contribution in [0.4, 0.5) is 5.69 Å². The Morgan fingerprint density at radius 3 is 2.58 bits per heavy atom. The minimum absolute atomic E-state index is 0.374. The summed E-state index contributed by atoms with van der Waals surface area (Å²) in [6, 6.07) is 14.7. The highest BCUT2D eigenvalue weighted by atomic mass is 16.4. The van der Waals surface area contributed by atoms with Crippen LogP contribution >= 0.6 is 0 Å². The Balaban J connectivity index is 1.58. The van der Waals surface area contributed by atoms with Crippen molar-refractivity contribution in [3.05, 3.63) is 53.6 Å². The quantitative estimate of drug-likeness (QED) is 0.377. The second-order valence-corrected chi connectivity index (χ2v) is 11.3. The number of likely N-dealkylation sites (N-methyl/N-ethyl adjacent to an activating group) is 1. The molecule has 1 saturated carbocycles. The van der Waals surface area contributed by atoms with Gasteiger partial charge in [-0.1, -0.05) is 57.4 Å². The number of para-hydroxylation sites is 1. The molecule has 1 N–H and O–H groups in total. The lowest BCUT2D eigenvalue weighted by Gasteiger charge is -2.28. The standard InChI is InChI=1S/C31H41N3O2/c1-22(2)15-16-32(3)17-18-33-19-20-34-28-21-24(31(35)36)13-14-25(28)29(23-9-5-4-6-10-23)30(34)26-11-7-8-12-27(26)33/h7-8,11-14,21-23H,4-6,9-10,15-20H2,1-3H3,(H,35,36). The molecule has 1 aromatic heterocycles. The highest BCUT2D eigenvalue weighted by Crippen LogP contribution is 2.47. The van der Waals surface area contributed by atoms with Gasteiger partial charge in [0.1, 0.15) is 0 Å². The third-order valence-electron chi connectivity index (χ3n) is 8.30. The predicted octanol–water partition coefficient (Wildman–Crippen LogP) is 6.85. The Morgan fingerprint density at radius 2 is 1.83 bits per heavy atom. The number of carbonyl (C=O) groups is 1. The maximum absolute atomic E-state index is 11.9. The fraction of sp³-hybridized carbons (Fsp3) is 0.516. The molecule has 5 heteroatoms. The van der Waals surface area contributed by atoms with Gasteiger partial charge in [0.25, 0.3) is 0 Å². The van der Waals surface area contributed by atoms with E-state index in [9.17, 15) is 9.90 Å². The molecule has 0 bridgehead atoms. The number of carboxylic acid groups (broad SMARTS) is 1. The zero-order chi connectivity index (χ0) is 25.2. The highest BCUT2D eigenvalue weighted by molar-refractivity contribution is 5.99. The van der Waals surface area contributed by atoms with Crippen molar-refractivity contribution in [1.82, 2.24) is 9.47 Å². The van der Waals surface area contributed by atoms with Gasteiger partial charge < -0.3 is 19.5 Å².